The van der Waals surface area contributed by atoms with Gasteiger partial charge in [-0.2, -0.15) is 0 Å². The van der Waals surface area contributed by atoms with E-state index in [1.165, 1.54) is 6.07 Å². The van der Waals surface area contributed by atoms with Crippen molar-refractivity contribution >= 4 is 17.6 Å². The molecule has 1 aliphatic carbocycles. The van der Waals surface area contributed by atoms with Crippen LogP contribution in [0.3, 0.4) is 0 Å². The van der Waals surface area contributed by atoms with Gasteiger partial charge < -0.3 is 10.2 Å². The number of carboxylic acid groups (broad SMARTS) is 1. The molecule has 0 aliphatic heterocycles. The van der Waals surface area contributed by atoms with Gasteiger partial charge in [-0.3, -0.25) is 4.79 Å². The van der Waals surface area contributed by atoms with E-state index in [1.807, 2.05) is 0 Å². The van der Waals surface area contributed by atoms with E-state index < -0.39 is 23.0 Å². The normalized spacial score (nSPS) is 17.5. The van der Waals surface area contributed by atoms with Gasteiger partial charge in [0.1, 0.15) is 11.6 Å². The van der Waals surface area contributed by atoms with Gasteiger partial charge >= 0.3 is 5.97 Å². The van der Waals surface area contributed by atoms with Gasteiger partial charge in [0.25, 0.3) is 0 Å². The van der Waals surface area contributed by atoms with Crippen molar-refractivity contribution in [2.24, 2.45) is 0 Å². The summed E-state index contributed by atoms with van der Waals surface area (Å²) >= 11 is 5.61. The standard InChI is InChI=1S/C10H8ClFO3/c11-5-1-2-6(12)7(8(5)13)10(3-4-10)9(14)15/h1-2,13H,3-4H2,(H,14,15). The first-order valence-electron chi connectivity index (χ1n) is 4.40. The fourth-order valence-corrected chi connectivity index (χ4v) is 1.85. The number of carbonyl (C=O) groups is 1. The van der Waals surface area contributed by atoms with Gasteiger partial charge in [-0.1, -0.05) is 11.6 Å². The summed E-state index contributed by atoms with van der Waals surface area (Å²) in [5, 5.41) is 18.5. The number of halogens is 2. The zero-order chi connectivity index (χ0) is 11.2. The van der Waals surface area contributed by atoms with Gasteiger partial charge in [0, 0.05) is 5.56 Å². The highest BCUT2D eigenvalue weighted by molar-refractivity contribution is 6.32. The van der Waals surface area contributed by atoms with Crippen molar-refractivity contribution in [3.8, 4) is 5.75 Å². The van der Waals surface area contributed by atoms with Crippen LogP contribution in [-0.2, 0) is 10.2 Å². The fourth-order valence-electron chi connectivity index (χ4n) is 1.69. The number of rotatable bonds is 2. The zero-order valence-electron chi connectivity index (χ0n) is 7.63. The van der Waals surface area contributed by atoms with E-state index in [1.54, 1.807) is 0 Å². The van der Waals surface area contributed by atoms with E-state index in [4.69, 9.17) is 16.7 Å². The second-order valence-electron chi connectivity index (χ2n) is 3.64. The van der Waals surface area contributed by atoms with Gasteiger partial charge in [-0.05, 0) is 25.0 Å². The summed E-state index contributed by atoms with van der Waals surface area (Å²) in [6, 6.07) is 2.27. The molecule has 1 aromatic rings. The van der Waals surface area contributed by atoms with Crippen molar-refractivity contribution in [1.82, 2.24) is 0 Å². The minimum Gasteiger partial charge on any atom is -0.506 e. The molecule has 5 heteroatoms. The molecular weight excluding hydrogens is 223 g/mol. The maximum Gasteiger partial charge on any atom is 0.314 e. The second-order valence-corrected chi connectivity index (χ2v) is 4.05. The number of hydrogen-bond donors (Lipinski definition) is 2. The van der Waals surface area contributed by atoms with Crippen LogP contribution in [0, 0.1) is 5.82 Å². The molecule has 80 valence electrons. The molecule has 2 N–H and O–H groups in total. The first-order valence-corrected chi connectivity index (χ1v) is 4.78. The van der Waals surface area contributed by atoms with Crippen LogP contribution in [0.25, 0.3) is 0 Å². The third kappa shape index (κ3) is 1.36. The summed E-state index contributed by atoms with van der Waals surface area (Å²) in [5.41, 5.74) is -1.47. The Kier molecular flexibility index (Phi) is 2.12. The topological polar surface area (TPSA) is 57.5 Å². The number of phenols is 1. The number of benzene rings is 1. The lowest BCUT2D eigenvalue weighted by molar-refractivity contribution is -0.140. The molecular formula is C10H8ClFO3. The second kappa shape index (κ2) is 3.10. The average molecular weight is 231 g/mol. The van der Waals surface area contributed by atoms with E-state index in [2.05, 4.69) is 0 Å². The van der Waals surface area contributed by atoms with Gasteiger partial charge in [0.05, 0.1) is 10.4 Å². The average Bonchev–Trinajstić information content (AvgIpc) is 2.93. The van der Waals surface area contributed by atoms with E-state index in [0.717, 1.165) is 6.07 Å². The number of phenolic OH excluding ortho intramolecular Hbond substituents is 1. The Morgan fingerprint density at radius 3 is 2.53 bits per heavy atom. The van der Waals surface area contributed by atoms with Gasteiger partial charge in [0.15, 0.2) is 0 Å². The van der Waals surface area contributed by atoms with Crippen LogP contribution in [0.2, 0.25) is 5.02 Å². The Morgan fingerprint density at radius 2 is 2.07 bits per heavy atom. The van der Waals surface area contributed by atoms with Crippen molar-refractivity contribution in [3.63, 3.8) is 0 Å². The predicted octanol–water partition coefficient (Wildman–Crippen LogP) is 2.30. The van der Waals surface area contributed by atoms with E-state index in [-0.39, 0.29) is 10.6 Å². The largest absolute Gasteiger partial charge is 0.506 e. The number of carboxylic acids is 1. The molecule has 0 radical (unpaired) electrons. The summed E-state index contributed by atoms with van der Waals surface area (Å²) in [6.07, 6.45) is 0.653. The molecule has 0 atom stereocenters. The third-order valence-electron chi connectivity index (χ3n) is 2.72. The summed E-state index contributed by atoms with van der Waals surface area (Å²) in [6.45, 7) is 0. The SMILES string of the molecule is O=C(O)C1(c2c(F)ccc(Cl)c2O)CC1. The maximum atomic E-state index is 13.4. The highest BCUT2D eigenvalue weighted by Crippen LogP contribution is 2.53. The fraction of sp³-hybridized carbons (Fsp3) is 0.300. The molecule has 1 aromatic carbocycles. The number of aliphatic carboxylic acids is 1. The smallest absolute Gasteiger partial charge is 0.314 e. The zero-order valence-corrected chi connectivity index (χ0v) is 8.38. The molecule has 3 nitrogen and oxygen atoms in total. The molecule has 0 amide bonds. The minimum atomic E-state index is -1.28. The lowest BCUT2D eigenvalue weighted by Gasteiger charge is -2.13. The Labute approximate surface area is 90.1 Å². The first-order chi connectivity index (χ1) is 6.99. The maximum absolute atomic E-state index is 13.4. The molecule has 2 rings (SSSR count). The molecule has 1 aliphatic rings. The van der Waals surface area contributed by atoms with Crippen LogP contribution in [0.4, 0.5) is 4.39 Å². The summed E-state index contributed by atoms with van der Waals surface area (Å²) in [5.74, 6) is -2.31. The van der Waals surface area contributed by atoms with Crippen molar-refractivity contribution < 1.29 is 19.4 Å². The van der Waals surface area contributed by atoms with E-state index in [9.17, 15) is 14.3 Å². The Balaban J connectivity index is 2.62. The Morgan fingerprint density at radius 1 is 1.47 bits per heavy atom. The van der Waals surface area contributed by atoms with Crippen LogP contribution >= 0.6 is 11.6 Å². The Bertz CT molecular complexity index is 441. The molecule has 0 bridgehead atoms. The molecule has 0 unspecified atom stereocenters. The molecule has 0 spiro atoms. The van der Waals surface area contributed by atoms with Crippen LogP contribution in [0.15, 0.2) is 12.1 Å². The summed E-state index contributed by atoms with van der Waals surface area (Å²) in [4.78, 5) is 11.0. The number of aromatic hydroxyl groups is 1. The van der Waals surface area contributed by atoms with Crippen LogP contribution in [-0.4, -0.2) is 16.2 Å². The van der Waals surface area contributed by atoms with Gasteiger partial charge in [-0.25, -0.2) is 4.39 Å². The highest BCUT2D eigenvalue weighted by atomic mass is 35.5. The highest BCUT2D eigenvalue weighted by Gasteiger charge is 2.55. The summed E-state index contributed by atoms with van der Waals surface area (Å²) < 4.78 is 13.4. The molecule has 0 aromatic heterocycles. The van der Waals surface area contributed by atoms with Crippen molar-refractivity contribution in [1.29, 1.82) is 0 Å². The lowest BCUT2D eigenvalue weighted by Crippen LogP contribution is -2.21. The van der Waals surface area contributed by atoms with Crippen molar-refractivity contribution in [3.05, 3.63) is 28.5 Å². The van der Waals surface area contributed by atoms with Crippen molar-refractivity contribution in [2.75, 3.05) is 0 Å². The summed E-state index contributed by atoms with van der Waals surface area (Å²) in [7, 11) is 0. The molecule has 15 heavy (non-hydrogen) atoms. The van der Waals surface area contributed by atoms with Gasteiger partial charge in [-0.15, -0.1) is 0 Å². The van der Waals surface area contributed by atoms with Crippen LogP contribution in [0.5, 0.6) is 5.75 Å². The first kappa shape index (κ1) is 10.2. The number of hydrogen-bond acceptors (Lipinski definition) is 2. The quantitative estimate of drug-likeness (QED) is 0.820. The Hall–Kier alpha value is -1.29. The monoisotopic (exact) mass is 230 g/mol. The van der Waals surface area contributed by atoms with E-state index >= 15 is 0 Å². The van der Waals surface area contributed by atoms with Crippen LogP contribution in [0.1, 0.15) is 18.4 Å². The van der Waals surface area contributed by atoms with E-state index in [0.29, 0.717) is 12.8 Å². The van der Waals surface area contributed by atoms with Crippen molar-refractivity contribution in [2.45, 2.75) is 18.3 Å². The molecule has 1 fully saturated rings. The minimum absolute atomic E-state index is 0.0288. The lowest BCUT2D eigenvalue weighted by atomic mass is 9.94. The van der Waals surface area contributed by atoms with Gasteiger partial charge in [0.2, 0.25) is 0 Å². The molecule has 0 heterocycles. The predicted molar refractivity (Wildman–Crippen MR) is 51.6 cm³/mol. The molecule has 0 saturated heterocycles. The molecule has 1 saturated carbocycles. The van der Waals surface area contributed by atoms with Crippen LogP contribution < -0.4 is 0 Å². The third-order valence-corrected chi connectivity index (χ3v) is 3.02.